The monoisotopic (exact) mass is 419 g/mol. The molecule has 0 saturated carbocycles. The Morgan fingerprint density at radius 3 is 2.60 bits per heavy atom. The SMILES string of the molecule is Cc1cnccc1NS(=O)(=O)c1c(N)cc(Br)cc1Br. The largest absolute Gasteiger partial charge is 0.398 e. The number of rotatable bonds is 3. The number of nitrogen functional groups attached to an aromatic ring is 1. The topological polar surface area (TPSA) is 85.1 Å². The second-order valence-electron chi connectivity index (χ2n) is 4.10. The van der Waals surface area contributed by atoms with E-state index < -0.39 is 10.0 Å². The zero-order valence-corrected chi connectivity index (χ0v) is 14.4. The maximum absolute atomic E-state index is 12.4. The standard InChI is InChI=1S/C12H11Br2N3O2S/c1-7-6-16-3-2-11(7)17-20(18,19)12-9(14)4-8(13)5-10(12)15/h2-6H,15H2,1H3,(H,16,17). The van der Waals surface area contributed by atoms with Gasteiger partial charge in [0.25, 0.3) is 10.0 Å². The third-order valence-corrected chi connectivity index (χ3v) is 5.40. The Hall–Kier alpha value is -1.12. The van der Waals surface area contributed by atoms with Crippen molar-refractivity contribution in [2.45, 2.75) is 11.8 Å². The van der Waals surface area contributed by atoms with Crippen molar-refractivity contribution < 1.29 is 8.42 Å². The van der Waals surface area contributed by atoms with Crippen molar-refractivity contribution in [3.63, 3.8) is 0 Å². The second kappa shape index (κ2) is 5.71. The van der Waals surface area contributed by atoms with E-state index in [9.17, 15) is 8.42 Å². The van der Waals surface area contributed by atoms with Gasteiger partial charge in [-0.25, -0.2) is 8.42 Å². The molecule has 5 nitrogen and oxygen atoms in total. The van der Waals surface area contributed by atoms with Gasteiger partial charge in [0, 0.05) is 21.3 Å². The molecular formula is C12H11Br2N3O2S. The summed E-state index contributed by atoms with van der Waals surface area (Å²) in [6.45, 7) is 1.77. The highest BCUT2D eigenvalue weighted by molar-refractivity contribution is 9.11. The minimum absolute atomic E-state index is 0.0110. The quantitative estimate of drug-likeness (QED) is 0.746. The van der Waals surface area contributed by atoms with Crippen LogP contribution in [-0.4, -0.2) is 13.4 Å². The Labute approximate surface area is 133 Å². The molecule has 3 N–H and O–H groups in total. The van der Waals surface area contributed by atoms with Crippen LogP contribution in [0.3, 0.4) is 0 Å². The average Bonchev–Trinajstić information content (AvgIpc) is 2.30. The number of halogens is 2. The molecule has 1 aromatic heterocycles. The lowest BCUT2D eigenvalue weighted by atomic mass is 10.3. The zero-order valence-electron chi connectivity index (χ0n) is 10.4. The van der Waals surface area contributed by atoms with Gasteiger partial charge in [-0.05, 0) is 46.6 Å². The summed E-state index contributed by atoms with van der Waals surface area (Å²) < 4.78 is 28.5. The lowest BCUT2D eigenvalue weighted by molar-refractivity contribution is 0.601. The van der Waals surface area contributed by atoms with E-state index in [1.54, 1.807) is 31.3 Å². The fourth-order valence-electron chi connectivity index (χ4n) is 1.65. The predicted molar refractivity (Wildman–Crippen MR) is 86.0 cm³/mol. The summed E-state index contributed by atoms with van der Waals surface area (Å²) in [4.78, 5) is 3.93. The fraction of sp³-hybridized carbons (Fsp3) is 0.0833. The molecule has 8 heteroatoms. The summed E-state index contributed by atoms with van der Waals surface area (Å²) in [5.41, 5.74) is 7.16. The van der Waals surface area contributed by atoms with Gasteiger partial charge < -0.3 is 5.73 Å². The Balaban J connectivity index is 2.50. The minimum atomic E-state index is -3.78. The molecule has 0 unspecified atom stereocenters. The number of sulfonamides is 1. The van der Waals surface area contributed by atoms with E-state index in [0.29, 0.717) is 14.6 Å². The van der Waals surface area contributed by atoms with E-state index >= 15 is 0 Å². The van der Waals surface area contributed by atoms with Crippen LogP contribution in [0.4, 0.5) is 11.4 Å². The van der Waals surface area contributed by atoms with Crippen LogP contribution in [0, 0.1) is 6.92 Å². The molecule has 0 aliphatic carbocycles. The normalized spacial score (nSPS) is 11.3. The second-order valence-corrected chi connectivity index (χ2v) is 7.49. The molecular weight excluding hydrogens is 410 g/mol. The molecule has 0 aliphatic rings. The van der Waals surface area contributed by atoms with Crippen LogP contribution < -0.4 is 10.5 Å². The number of hydrogen-bond acceptors (Lipinski definition) is 4. The van der Waals surface area contributed by atoms with Gasteiger partial charge in [-0.2, -0.15) is 0 Å². The smallest absolute Gasteiger partial charge is 0.265 e. The lowest BCUT2D eigenvalue weighted by Crippen LogP contribution is -2.16. The Bertz CT molecular complexity index is 740. The lowest BCUT2D eigenvalue weighted by Gasteiger charge is -2.13. The van der Waals surface area contributed by atoms with Gasteiger partial charge in [-0.15, -0.1) is 0 Å². The molecule has 1 heterocycles. The number of nitrogens with one attached hydrogen (secondary N) is 1. The van der Waals surface area contributed by atoms with Crippen LogP contribution in [0.2, 0.25) is 0 Å². The first-order valence-electron chi connectivity index (χ1n) is 5.49. The number of aromatic nitrogens is 1. The van der Waals surface area contributed by atoms with Gasteiger partial charge in [-0.1, -0.05) is 15.9 Å². The molecule has 0 aliphatic heterocycles. The number of pyridine rings is 1. The number of nitrogens with two attached hydrogens (primary N) is 1. The highest BCUT2D eigenvalue weighted by Crippen LogP contribution is 2.33. The molecule has 0 bridgehead atoms. The third-order valence-electron chi connectivity index (χ3n) is 2.57. The summed E-state index contributed by atoms with van der Waals surface area (Å²) in [5, 5.41) is 0. The first-order chi connectivity index (χ1) is 9.31. The summed E-state index contributed by atoms with van der Waals surface area (Å²) in [6, 6.07) is 4.76. The van der Waals surface area contributed by atoms with Crippen LogP contribution in [0.1, 0.15) is 5.56 Å². The van der Waals surface area contributed by atoms with E-state index in [-0.39, 0.29) is 10.6 Å². The number of nitrogens with zero attached hydrogens (tertiary/aromatic N) is 1. The molecule has 0 radical (unpaired) electrons. The van der Waals surface area contributed by atoms with Crippen molar-refractivity contribution in [2.75, 3.05) is 10.5 Å². The Morgan fingerprint density at radius 1 is 1.30 bits per heavy atom. The first-order valence-corrected chi connectivity index (χ1v) is 8.56. The van der Waals surface area contributed by atoms with Gasteiger partial charge in [0.2, 0.25) is 0 Å². The van der Waals surface area contributed by atoms with Crippen LogP contribution >= 0.6 is 31.9 Å². The molecule has 2 aromatic rings. The van der Waals surface area contributed by atoms with E-state index in [4.69, 9.17) is 5.73 Å². The van der Waals surface area contributed by atoms with E-state index in [2.05, 4.69) is 41.6 Å². The van der Waals surface area contributed by atoms with E-state index in [1.807, 2.05) is 0 Å². The van der Waals surface area contributed by atoms with E-state index in [0.717, 1.165) is 5.56 Å². The molecule has 0 spiro atoms. The maximum atomic E-state index is 12.4. The minimum Gasteiger partial charge on any atom is -0.398 e. The van der Waals surface area contributed by atoms with Crippen LogP contribution in [-0.2, 0) is 10.0 Å². The highest BCUT2D eigenvalue weighted by atomic mass is 79.9. The third kappa shape index (κ3) is 3.13. The van der Waals surface area contributed by atoms with Crippen molar-refractivity contribution in [2.24, 2.45) is 0 Å². The van der Waals surface area contributed by atoms with Crippen molar-refractivity contribution >= 4 is 53.3 Å². The molecule has 106 valence electrons. The number of aryl methyl sites for hydroxylation is 1. The molecule has 20 heavy (non-hydrogen) atoms. The van der Waals surface area contributed by atoms with Crippen molar-refractivity contribution in [3.8, 4) is 0 Å². The summed E-state index contributed by atoms with van der Waals surface area (Å²) in [6.07, 6.45) is 3.10. The maximum Gasteiger partial charge on any atom is 0.265 e. The highest BCUT2D eigenvalue weighted by Gasteiger charge is 2.22. The van der Waals surface area contributed by atoms with Gasteiger partial charge >= 0.3 is 0 Å². The first kappa shape index (κ1) is 15.3. The zero-order chi connectivity index (χ0) is 14.9. The average molecular weight is 421 g/mol. The van der Waals surface area contributed by atoms with Crippen LogP contribution in [0.15, 0.2) is 44.4 Å². The predicted octanol–water partition coefficient (Wildman–Crippen LogP) is 3.30. The van der Waals surface area contributed by atoms with Crippen LogP contribution in [0.5, 0.6) is 0 Å². The molecule has 2 rings (SSSR count). The van der Waals surface area contributed by atoms with Crippen molar-refractivity contribution in [1.29, 1.82) is 0 Å². The number of benzene rings is 1. The summed E-state index contributed by atoms with van der Waals surface area (Å²) >= 11 is 6.48. The molecule has 1 aromatic carbocycles. The van der Waals surface area contributed by atoms with Crippen LogP contribution in [0.25, 0.3) is 0 Å². The Kier molecular flexibility index (Phi) is 4.36. The Morgan fingerprint density at radius 2 is 2.00 bits per heavy atom. The molecule has 0 saturated heterocycles. The van der Waals surface area contributed by atoms with Gasteiger partial charge in [0.1, 0.15) is 4.90 Å². The van der Waals surface area contributed by atoms with Crippen molar-refractivity contribution in [1.82, 2.24) is 4.98 Å². The summed E-state index contributed by atoms with van der Waals surface area (Å²) in [5.74, 6) is 0. The molecule has 0 fully saturated rings. The van der Waals surface area contributed by atoms with Crippen molar-refractivity contribution in [3.05, 3.63) is 45.1 Å². The van der Waals surface area contributed by atoms with Gasteiger partial charge in [0.05, 0.1) is 11.4 Å². The van der Waals surface area contributed by atoms with Gasteiger partial charge in [-0.3, -0.25) is 9.71 Å². The number of hydrogen-bond donors (Lipinski definition) is 2. The fourth-order valence-corrected chi connectivity index (χ4v) is 4.85. The van der Waals surface area contributed by atoms with Gasteiger partial charge in [0.15, 0.2) is 0 Å². The van der Waals surface area contributed by atoms with E-state index in [1.165, 1.54) is 6.20 Å². The molecule has 0 amide bonds. The summed E-state index contributed by atoms with van der Waals surface area (Å²) in [7, 11) is -3.78. The molecule has 0 atom stereocenters. The number of anilines is 2.